The van der Waals surface area contributed by atoms with Gasteiger partial charge < -0.3 is 20.3 Å². The first-order valence-electron chi connectivity index (χ1n) is 9.37. The predicted octanol–water partition coefficient (Wildman–Crippen LogP) is 2.40. The maximum atomic E-state index is 12.7. The highest BCUT2D eigenvalue weighted by Gasteiger charge is 2.42. The van der Waals surface area contributed by atoms with E-state index >= 15 is 0 Å². The van der Waals surface area contributed by atoms with Gasteiger partial charge in [-0.2, -0.15) is 0 Å². The Hall–Kier alpha value is -2.24. The summed E-state index contributed by atoms with van der Waals surface area (Å²) in [5.41, 5.74) is 0.808. The monoisotopic (exact) mass is 360 g/mol. The molecule has 1 aromatic carbocycles. The van der Waals surface area contributed by atoms with Crippen LogP contribution in [0.1, 0.15) is 38.2 Å². The number of guanidine groups is 1. The van der Waals surface area contributed by atoms with Gasteiger partial charge in [0.2, 0.25) is 5.91 Å². The number of ether oxygens (including phenoxy) is 1. The average molecular weight is 361 g/mol. The minimum absolute atomic E-state index is 0.216. The van der Waals surface area contributed by atoms with Crippen LogP contribution in [0.3, 0.4) is 0 Å². The number of hydrogen-bond donors (Lipinski definition) is 2. The molecule has 1 fully saturated rings. The van der Waals surface area contributed by atoms with Crippen molar-refractivity contribution in [3.8, 4) is 5.75 Å². The molecule has 6 heteroatoms. The summed E-state index contributed by atoms with van der Waals surface area (Å²) in [7, 11) is 5.34. The molecular formula is C20H32N4O2. The summed E-state index contributed by atoms with van der Waals surface area (Å²) in [5, 5.41) is 6.67. The standard InChI is InChI=1S/C20H32N4O2/c1-5-21-19(22-14-16-8-10-17(26-4)11-9-16)23-15-20(12-6-7-13-20)18(25)24(2)3/h8-11H,5-7,12-15H2,1-4H3,(H2,21,22,23). The lowest BCUT2D eigenvalue weighted by Crippen LogP contribution is -2.49. The molecule has 1 saturated carbocycles. The second-order valence-electron chi connectivity index (χ2n) is 7.08. The lowest BCUT2D eigenvalue weighted by molar-refractivity contribution is -0.138. The van der Waals surface area contributed by atoms with Crippen molar-refractivity contribution in [3.05, 3.63) is 29.8 Å². The Morgan fingerprint density at radius 3 is 2.38 bits per heavy atom. The fourth-order valence-electron chi connectivity index (χ4n) is 3.49. The van der Waals surface area contributed by atoms with Crippen molar-refractivity contribution in [3.63, 3.8) is 0 Å². The van der Waals surface area contributed by atoms with E-state index in [9.17, 15) is 4.79 Å². The normalized spacial score (nSPS) is 16.2. The van der Waals surface area contributed by atoms with E-state index in [1.165, 1.54) is 0 Å². The van der Waals surface area contributed by atoms with Gasteiger partial charge in [-0.3, -0.25) is 4.79 Å². The molecular weight excluding hydrogens is 328 g/mol. The molecule has 0 heterocycles. The minimum Gasteiger partial charge on any atom is -0.497 e. The summed E-state index contributed by atoms with van der Waals surface area (Å²) in [6, 6.07) is 7.91. The summed E-state index contributed by atoms with van der Waals surface area (Å²) in [5.74, 6) is 1.81. The number of carbonyl (C=O) groups is 1. The SMILES string of the molecule is CCNC(=NCc1ccc(OC)cc1)NCC1(C(=O)N(C)C)CCCC1. The minimum atomic E-state index is -0.306. The Kier molecular flexibility index (Phi) is 7.30. The molecule has 1 amide bonds. The summed E-state index contributed by atoms with van der Waals surface area (Å²) >= 11 is 0. The molecule has 0 aliphatic heterocycles. The van der Waals surface area contributed by atoms with Crippen LogP contribution in [-0.4, -0.2) is 51.1 Å². The summed E-state index contributed by atoms with van der Waals surface area (Å²) in [4.78, 5) is 19.1. The zero-order chi connectivity index (χ0) is 19.0. The van der Waals surface area contributed by atoms with Gasteiger partial charge in [0.1, 0.15) is 5.75 Å². The van der Waals surface area contributed by atoms with E-state index in [0.29, 0.717) is 13.1 Å². The molecule has 0 aromatic heterocycles. The van der Waals surface area contributed by atoms with Gasteiger partial charge in [0.25, 0.3) is 0 Å². The Bertz CT molecular complexity index is 605. The van der Waals surface area contributed by atoms with Crippen LogP contribution in [-0.2, 0) is 11.3 Å². The summed E-state index contributed by atoms with van der Waals surface area (Å²) in [6.45, 7) is 4.02. The van der Waals surface area contributed by atoms with Crippen LogP contribution in [0.5, 0.6) is 5.75 Å². The van der Waals surface area contributed by atoms with E-state index in [4.69, 9.17) is 4.74 Å². The molecule has 144 valence electrons. The molecule has 0 bridgehead atoms. The van der Waals surface area contributed by atoms with Crippen molar-refractivity contribution >= 4 is 11.9 Å². The van der Waals surface area contributed by atoms with Crippen LogP contribution < -0.4 is 15.4 Å². The maximum absolute atomic E-state index is 12.7. The molecule has 1 aliphatic rings. The number of nitrogens with zero attached hydrogens (tertiary/aromatic N) is 2. The third kappa shape index (κ3) is 5.13. The summed E-state index contributed by atoms with van der Waals surface area (Å²) < 4.78 is 5.19. The molecule has 6 nitrogen and oxygen atoms in total. The number of aliphatic imine (C=N–C) groups is 1. The van der Waals surface area contributed by atoms with Crippen molar-refractivity contribution in [1.29, 1.82) is 0 Å². The van der Waals surface area contributed by atoms with Gasteiger partial charge in [0.05, 0.1) is 19.1 Å². The quantitative estimate of drug-likeness (QED) is 0.579. The molecule has 0 unspecified atom stereocenters. The van der Waals surface area contributed by atoms with Crippen LogP contribution in [0.15, 0.2) is 29.3 Å². The third-order valence-corrected chi connectivity index (χ3v) is 4.94. The van der Waals surface area contributed by atoms with Gasteiger partial charge in [0.15, 0.2) is 5.96 Å². The largest absolute Gasteiger partial charge is 0.497 e. The smallest absolute Gasteiger partial charge is 0.230 e. The lowest BCUT2D eigenvalue weighted by atomic mass is 9.84. The average Bonchev–Trinajstić information content (AvgIpc) is 3.13. The Labute approximate surface area is 157 Å². The van der Waals surface area contributed by atoms with Crippen LogP contribution in [0.25, 0.3) is 0 Å². The van der Waals surface area contributed by atoms with E-state index < -0.39 is 0 Å². The van der Waals surface area contributed by atoms with E-state index in [1.54, 1.807) is 12.0 Å². The molecule has 26 heavy (non-hydrogen) atoms. The topological polar surface area (TPSA) is 66.0 Å². The van der Waals surface area contributed by atoms with Crippen molar-refractivity contribution in [2.45, 2.75) is 39.2 Å². The van der Waals surface area contributed by atoms with Gasteiger partial charge >= 0.3 is 0 Å². The molecule has 2 N–H and O–H groups in total. The highest BCUT2D eigenvalue weighted by Crippen LogP contribution is 2.38. The third-order valence-electron chi connectivity index (χ3n) is 4.94. The fraction of sp³-hybridized carbons (Fsp3) is 0.600. The van der Waals surface area contributed by atoms with E-state index in [2.05, 4.69) is 15.6 Å². The zero-order valence-electron chi connectivity index (χ0n) is 16.5. The lowest BCUT2D eigenvalue weighted by Gasteiger charge is -2.31. The summed E-state index contributed by atoms with van der Waals surface area (Å²) in [6.07, 6.45) is 4.10. The number of amides is 1. The predicted molar refractivity (Wildman–Crippen MR) is 105 cm³/mol. The van der Waals surface area contributed by atoms with Gasteiger partial charge in [-0.25, -0.2) is 4.99 Å². The van der Waals surface area contributed by atoms with Crippen LogP contribution in [0, 0.1) is 5.41 Å². The van der Waals surface area contributed by atoms with Crippen LogP contribution in [0.2, 0.25) is 0 Å². The molecule has 0 spiro atoms. The Morgan fingerprint density at radius 1 is 1.19 bits per heavy atom. The highest BCUT2D eigenvalue weighted by molar-refractivity contribution is 5.85. The number of hydrogen-bond acceptors (Lipinski definition) is 3. The van der Waals surface area contributed by atoms with E-state index in [1.807, 2.05) is 45.3 Å². The van der Waals surface area contributed by atoms with Crippen molar-refractivity contribution < 1.29 is 9.53 Å². The second kappa shape index (κ2) is 9.46. The molecule has 2 rings (SSSR count). The molecule has 0 saturated heterocycles. The number of methoxy groups -OCH3 is 1. The first-order valence-corrected chi connectivity index (χ1v) is 9.37. The van der Waals surface area contributed by atoms with Crippen LogP contribution in [0.4, 0.5) is 0 Å². The number of nitrogens with one attached hydrogen (secondary N) is 2. The van der Waals surface area contributed by atoms with Crippen molar-refractivity contribution in [1.82, 2.24) is 15.5 Å². The van der Waals surface area contributed by atoms with E-state index in [0.717, 1.165) is 49.5 Å². The number of benzene rings is 1. The molecule has 1 aromatic rings. The Balaban J connectivity index is 2.02. The van der Waals surface area contributed by atoms with Crippen molar-refractivity contribution in [2.24, 2.45) is 10.4 Å². The molecule has 1 aliphatic carbocycles. The fourth-order valence-corrected chi connectivity index (χ4v) is 3.49. The first kappa shape index (κ1) is 20.1. The molecule has 0 atom stereocenters. The Morgan fingerprint density at radius 2 is 1.85 bits per heavy atom. The van der Waals surface area contributed by atoms with Crippen molar-refractivity contribution in [2.75, 3.05) is 34.3 Å². The zero-order valence-corrected chi connectivity index (χ0v) is 16.5. The first-order chi connectivity index (χ1) is 12.5. The second-order valence-corrected chi connectivity index (χ2v) is 7.08. The number of carbonyl (C=O) groups excluding carboxylic acids is 1. The number of rotatable bonds is 7. The highest BCUT2D eigenvalue weighted by atomic mass is 16.5. The van der Waals surface area contributed by atoms with Gasteiger partial charge in [-0.15, -0.1) is 0 Å². The maximum Gasteiger partial charge on any atom is 0.230 e. The van der Waals surface area contributed by atoms with Gasteiger partial charge in [-0.05, 0) is 37.5 Å². The van der Waals surface area contributed by atoms with Crippen LogP contribution >= 0.6 is 0 Å². The molecule has 0 radical (unpaired) electrons. The van der Waals surface area contributed by atoms with E-state index in [-0.39, 0.29) is 11.3 Å². The van der Waals surface area contributed by atoms with Gasteiger partial charge in [0, 0.05) is 27.2 Å². The van der Waals surface area contributed by atoms with Gasteiger partial charge in [-0.1, -0.05) is 25.0 Å².